The van der Waals surface area contributed by atoms with Gasteiger partial charge in [0.1, 0.15) is 0 Å². The molecule has 1 aromatic heterocycles. The number of amides is 1. The molecule has 1 heterocycles. The quantitative estimate of drug-likeness (QED) is 0.785. The van der Waals surface area contributed by atoms with Gasteiger partial charge in [-0.15, -0.1) is 12.4 Å². The third-order valence-corrected chi connectivity index (χ3v) is 3.78. The molecule has 1 rings (SSSR count). The van der Waals surface area contributed by atoms with Crippen molar-refractivity contribution < 1.29 is 17.8 Å². The second-order valence-corrected chi connectivity index (χ2v) is 5.16. The third-order valence-electron chi connectivity index (χ3n) is 1.27. The Bertz CT molecular complexity index is 467. The van der Waals surface area contributed by atoms with Crippen molar-refractivity contribution >= 4 is 44.9 Å². The Kier molecular flexibility index (Phi) is 4.65. The van der Waals surface area contributed by atoms with Crippen LogP contribution < -0.4 is 5.32 Å². The van der Waals surface area contributed by atoms with Gasteiger partial charge in [-0.1, -0.05) is 11.3 Å². The average Bonchev–Trinajstić information content (AvgIpc) is 2.27. The molecule has 0 aliphatic heterocycles. The zero-order valence-corrected chi connectivity index (χ0v) is 10.3. The number of aryl methyl sites for hydroxylation is 1. The number of carbonyl (C=O) groups excluding carboxylic acids is 1. The molecule has 0 spiro atoms. The van der Waals surface area contributed by atoms with Crippen molar-refractivity contribution in [3.63, 3.8) is 0 Å². The maximum atomic E-state index is 10.8. The molecule has 0 unspecified atom stereocenters. The first-order valence-corrected chi connectivity index (χ1v) is 5.79. The van der Waals surface area contributed by atoms with Crippen LogP contribution in [0.4, 0.5) is 5.13 Å². The Labute approximate surface area is 96.9 Å². The highest BCUT2D eigenvalue weighted by atomic mass is 35.5. The average molecular weight is 273 g/mol. The fourth-order valence-corrected chi connectivity index (χ4v) is 2.65. The second-order valence-electron chi connectivity index (χ2n) is 2.55. The lowest BCUT2D eigenvalue weighted by atomic mass is 10.6. The zero-order valence-electron chi connectivity index (χ0n) is 7.84. The van der Waals surface area contributed by atoms with E-state index in [4.69, 9.17) is 4.55 Å². The van der Waals surface area contributed by atoms with E-state index in [1.165, 1.54) is 13.8 Å². The second kappa shape index (κ2) is 4.88. The molecule has 0 aromatic carbocycles. The van der Waals surface area contributed by atoms with Crippen LogP contribution in [0.3, 0.4) is 0 Å². The van der Waals surface area contributed by atoms with Crippen LogP contribution in [-0.2, 0) is 14.9 Å². The van der Waals surface area contributed by atoms with Crippen LogP contribution in [0.5, 0.6) is 0 Å². The first kappa shape index (κ1) is 14.3. The van der Waals surface area contributed by atoms with Gasteiger partial charge >= 0.3 is 10.1 Å². The van der Waals surface area contributed by atoms with Gasteiger partial charge in [-0.25, -0.2) is 4.98 Å². The molecule has 0 aliphatic carbocycles. The van der Waals surface area contributed by atoms with E-state index in [-0.39, 0.29) is 33.3 Å². The SMILES string of the molecule is CC(=O)Nc1nc(C)c(S(=O)(=O)O)s1.Cl. The number of thiazole rings is 1. The summed E-state index contributed by atoms with van der Waals surface area (Å²) in [5.41, 5.74) is 0.168. The Balaban J connectivity index is 0.00000196. The summed E-state index contributed by atoms with van der Waals surface area (Å²) in [6.45, 7) is 2.72. The van der Waals surface area contributed by atoms with Gasteiger partial charge in [-0.05, 0) is 6.92 Å². The first-order chi connectivity index (χ1) is 6.30. The lowest BCUT2D eigenvalue weighted by molar-refractivity contribution is -0.114. The number of halogens is 1. The van der Waals surface area contributed by atoms with Crippen LogP contribution in [0.25, 0.3) is 0 Å². The predicted octanol–water partition coefficient (Wildman–Crippen LogP) is 1.08. The number of hydrogen-bond donors (Lipinski definition) is 2. The van der Waals surface area contributed by atoms with Crippen molar-refractivity contribution in [3.8, 4) is 0 Å². The summed E-state index contributed by atoms with van der Waals surface area (Å²) >= 11 is 0.714. The van der Waals surface area contributed by atoms with E-state index in [1.54, 1.807) is 0 Å². The van der Waals surface area contributed by atoms with Crippen molar-refractivity contribution in [2.45, 2.75) is 18.1 Å². The Morgan fingerprint density at radius 3 is 2.40 bits per heavy atom. The molecule has 0 atom stereocenters. The van der Waals surface area contributed by atoms with Crippen LogP contribution in [0.2, 0.25) is 0 Å². The van der Waals surface area contributed by atoms with Crippen LogP contribution in [-0.4, -0.2) is 23.9 Å². The van der Waals surface area contributed by atoms with Crippen LogP contribution in [0, 0.1) is 6.92 Å². The Morgan fingerprint density at radius 2 is 2.07 bits per heavy atom. The van der Waals surface area contributed by atoms with Gasteiger partial charge < -0.3 is 5.32 Å². The van der Waals surface area contributed by atoms with Crippen molar-refractivity contribution in [2.75, 3.05) is 5.32 Å². The molecule has 6 nitrogen and oxygen atoms in total. The Morgan fingerprint density at radius 1 is 1.53 bits per heavy atom. The predicted molar refractivity (Wildman–Crippen MR) is 58.2 cm³/mol. The van der Waals surface area contributed by atoms with Gasteiger partial charge in [0.25, 0.3) is 0 Å². The molecule has 0 saturated heterocycles. The number of carbonyl (C=O) groups is 1. The molecule has 0 fully saturated rings. The van der Waals surface area contributed by atoms with Crippen molar-refractivity contribution in [1.29, 1.82) is 0 Å². The molecule has 15 heavy (non-hydrogen) atoms. The molecule has 9 heteroatoms. The molecule has 0 aliphatic rings. The largest absolute Gasteiger partial charge is 0.306 e. The molecule has 86 valence electrons. The standard InChI is InChI=1S/C6H8N2O4S2.ClH/c1-3-5(14(10,11)12)13-6(7-3)8-4(2)9;/h1-2H3,(H,7,8,9)(H,10,11,12);1H. The van der Waals surface area contributed by atoms with E-state index < -0.39 is 10.1 Å². The number of anilines is 1. The van der Waals surface area contributed by atoms with Crippen molar-refractivity contribution in [2.24, 2.45) is 0 Å². The van der Waals surface area contributed by atoms with Crippen LogP contribution in [0.15, 0.2) is 4.21 Å². The fourth-order valence-electron chi connectivity index (χ4n) is 0.826. The van der Waals surface area contributed by atoms with Gasteiger partial charge in [-0.3, -0.25) is 9.35 Å². The zero-order chi connectivity index (χ0) is 10.9. The van der Waals surface area contributed by atoms with Gasteiger partial charge in [0.15, 0.2) is 9.34 Å². The smallest absolute Gasteiger partial charge is 0.302 e. The summed E-state index contributed by atoms with van der Waals surface area (Å²) in [4.78, 5) is 14.4. The number of nitrogens with zero attached hydrogens (tertiary/aromatic N) is 1. The third kappa shape index (κ3) is 3.74. The molecule has 1 amide bonds. The monoisotopic (exact) mass is 272 g/mol. The molecule has 0 radical (unpaired) electrons. The summed E-state index contributed by atoms with van der Waals surface area (Å²) in [5, 5.41) is 2.49. The van der Waals surface area contributed by atoms with E-state index in [2.05, 4.69) is 10.3 Å². The highest BCUT2D eigenvalue weighted by Crippen LogP contribution is 2.26. The molecule has 2 N–H and O–H groups in total. The molecule has 1 aromatic rings. The van der Waals surface area contributed by atoms with Gasteiger partial charge in [0.2, 0.25) is 5.91 Å². The minimum absolute atomic E-state index is 0. The summed E-state index contributed by atoms with van der Waals surface area (Å²) in [7, 11) is -4.24. The van der Waals surface area contributed by atoms with Crippen LogP contribution in [0.1, 0.15) is 12.6 Å². The summed E-state index contributed by atoms with van der Waals surface area (Å²) in [5.74, 6) is -0.347. The minimum Gasteiger partial charge on any atom is -0.302 e. The maximum Gasteiger partial charge on any atom is 0.306 e. The number of aromatic nitrogens is 1. The summed E-state index contributed by atoms with van der Waals surface area (Å²) < 4.78 is 30.0. The molecule has 0 saturated carbocycles. The number of nitrogens with one attached hydrogen (secondary N) is 1. The molecular formula is C6H9ClN2O4S2. The molecule has 0 bridgehead atoms. The highest BCUT2D eigenvalue weighted by molar-refractivity contribution is 7.88. The highest BCUT2D eigenvalue weighted by Gasteiger charge is 2.19. The van der Waals surface area contributed by atoms with E-state index in [0.29, 0.717) is 11.3 Å². The lowest BCUT2D eigenvalue weighted by Crippen LogP contribution is -2.04. The van der Waals surface area contributed by atoms with E-state index in [9.17, 15) is 13.2 Å². The molecular weight excluding hydrogens is 264 g/mol. The fraction of sp³-hybridized carbons (Fsp3) is 0.333. The number of hydrogen-bond acceptors (Lipinski definition) is 5. The van der Waals surface area contributed by atoms with Gasteiger partial charge in [-0.2, -0.15) is 8.42 Å². The van der Waals surface area contributed by atoms with E-state index in [0.717, 1.165) is 0 Å². The maximum absolute atomic E-state index is 10.8. The minimum atomic E-state index is -4.24. The lowest BCUT2D eigenvalue weighted by Gasteiger charge is -1.91. The topological polar surface area (TPSA) is 96.4 Å². The summed E-state index contributed by atoms with van der Waals surface area (Å²) in [6, 6.07) is 0. The number of rotatable bonds is 2. The van der Waals surface area contributed by atoms with Crippen LogP contribution >= 0.6 is 23.7 Å². The van der Waals surface area contributed by atoms with Gasteiger partial charge in [0, 0.05) is 6.92 Å². The van der Waals surface area contributed by atoms with Crippen molar-refractivity contribution in [1.82, 2.24) is 4.98 Å². The van der Waals surface area contributed by atoms with Crippen molar-refractivity contribution in [3.05, 3.63) is 5.69 Å². The van der Waals surface area contributed by atoms with E-state index >= 15 is 0 Å². The van der Waals surface area contributed by atoms with E-state index in [1.807, 2.05) is 0 Å². The normalized spacial score (nSPS) is 10.6. The first-order valence-electron chi connectivity index (χ1n) is 3.53. The van der Waals surface area contributed by atoms with Gasteiger partial charge in [0.05, 0.1) is 5.69 Å². The summed E-state index contributed by atoms with van der Waals surface area (Å²) in [6.07, 6.45) is 0. The Hall–Kier alpha value is -0.700.